The van der Waals surface area contributed by atoms with Crippen molar-refractivity contribution in [2.45, 2.75) is 6.18 Å². The summed E-state index contributed by atoms with van der Waals surface area (Å²) in [5.74, 6) is 0.676. The molecule has 0 saturated carbocycles. The number of nitrogens with one attached hydrogen (secondary N) is 1. The Bertz CT molecular complexity index is 434. The van der Waals surface area contributed by atoms with Gasteiger partial charge < -0.3 is 19.7 Å². The molecule has 4 nitrogen and oxygen atoms in total. The highest BCUT2D eigenvalue weighted by atomic mass is 19.4. The number of benzene rings is 1. The van der Waals surface area contributed by atoms with Crippen LogP contribution in [0.2, 0.25) is 0 Å². The maximum absolute atomic E-state index is 11.9. The summed E-state index contributed by atoms with van der Waals surface area (Å²) in [6.45, 7) is 2.34. The largest absolute Gasteiger partial charge is 0.489 e. The van der Waals surface area contributed by atoms with Gasteiger partial charge in [-0.3, -0.25) is 0 Å². The van der Waals surface area contributed by atoms with Crippen molar-refractivity contribution in [3.8, 4) is 5.75 Å². The zero-order chi connectivity index (χ0) is 15.1. The molecule has 1 aromatic rings. The van der Waals surface area contributed by atoms with Crippen LogP contribution in [0.3, 0.4) is 0 Å². The maximum Gasteiger partial charge on any atom is 0.411 e. The molecular formula is C14H19F3N2O2. The molecule has 1 fully saturated rings. The molecule has 2 rings (SSSR count). The SMILES string of the molecule is FC(F)(F)COCCOc1ccccc1N1CCNCC1. The number of piperazine rings is 1. The number of para-hydroxylation sites is 2. The molecule has 7 heteroatoms. The van der Waals surface area contributed by atoms with Crippen molar-refractivity contribution in [3.05, 3.63) is 24.3 Å². The van der Waals surface area contributed by atoms with Crippen molar-refractivity contribution in [3.63, 3.8) is 0 Å². The second-order valence-electron chi connectivity index (χ2n) is 4.72. The number of ether oxygens (including phenoxy) is 2. The highest BCUT2D eigenvalue weighted by molar-refractivity contribution is 5.58. The van der Waals surface area contributed by atoms with Gasteiger partial charge in [0, 0.05) is 26.2 Å². The van der Waals surface area contributed by atoms with Crippen molar-refractivity contribution < 1.29 is 22.6 Å². The van der Waals surface area contributed by atoms with Gasteiger partial charge in [0.25, 0.3) is 0 Å². The van der Waals surface area contributed by atoms with Gasteiger partial charge in [-0.25, -0.2) is 0 Å². The van der Waals surface area contributed by atoms with Gasteiger partial charge in [-0.2, -0.15) is 13.2 Å². The van der Waals surface area contributed by atoms with Crippen LogP contribution in [0, 0.1) is 0 Å². The Labute approximate surface area is 121 Å². The van der Waals surface area contributed by atoms with E-state index < -0.39 is 12.8 Å². The average molecular weight is 304 g/mol. The molecule has 1 aromatic carbocycles. The number of rotatable bonds is 6. The van der Waals surface area contributed by atoms with E-state index in [0.29, 0.717) is 5.75 Å². The first kappa shape index (κ1) is 15.9. The summed E-state index contributed by atoms with van der Waals surface area (Å²) in [5, 5.41) is 3.27. The fraction of sp³-hybridized carbons (Fsp3) is 0.571. The van der Waals surface area contributed by atoms with E-state index in [1.807, 2.05) is 24.3 Å². The van der Waals surface area contributed by atoms with Crippen LogP contribution in [0.25, 0.3) is 0 Å². The minimum Gasteiger partial charge on any atom is -0.489 e. The second kappa shape index (κ2) is 7.51. The molecule has 118 valence electrons. The molecule has 1 aliphatic heterocycles. The van der Waals surface area contributed by atoms with Crippen LogP contribution in [-0.4, -0.2) is 52.2 Å². The van der Waals surface area contributed by atoms with Gasteiger partial charge in [0.2, 0.25) is 0 Å². The molecule has 1 saturated heterocycles. The lowest BCUT2D eigenvalue weighted by atomic mass is 10.2. The highest BCUT2D eigenvalue weighted by Crippen LogP contribution is 2.28. The maximum atomic E-state index is 11.9. The third-order valence-corrected chi connectivity index (χ3v) is 3.07. The van der Waals surface area contributed by atoms with E-state index in [1.54, 1.807) is 0 Å². The molecule has 0 spiro atoms. The van der Waals surface area contributed by atoms with Crippen LogP contribution in [-0.2, 0) is 4.74 Å². The molecule has 0 unspecified atom stereocenters. The van der Waals surface area contributed by atoms with Gasteiger partial charge in [-0.05, 0) is 12.1 Å². The first-order chi connectivity index (χ1) is 10.1. The molecular weight excluding hydrogens is 285 g/mol. The van der Waals surface area contributed by atoms with E-state index in [-0.39, 0.29) is 13.2 Å². The Morgan fingerprint density at radius 1 is 1.10 bits per heavy atom. The second-order valence-corrected chi connectivity index (χ2v) is 4.72. The lowest BCUT2D eigenvalue weighted by Crippen LogP contribution is -2.43. The van der Waals surface area contributed by atoms with Crippen molar-refractivity contribution in [1.29, 1.82) is 0 Å². The zero-order valence-electron chi connectivity index (χ0n) is 11.7. The Kier molecular flexibility index (Phi) is 5.69. The molecule has 0 atom stereocenters. The lowest BCUT2D eigenvalue weighted by molar-refractivity contribution is -0.175. The lowest BCUT2D eigenvalue weighted by Gasteiger charge is -2.30. The summed E-state index contributed by atoms with van der Waals surface area (Å²) in [4.78, 5) is 2.20. The van der Waals surface area contributed by atoms with Crippen LogP contribution in [0.1, 0.15) is 0 Å². The fourth-order valence-electron chi connectivity index (χ4n) is 2.14. The molecule has 1 N–H and O–H groups in total. The summed E-state index contributed by atoms with van der Waals surface area (Å²) in [5.41, 5.74) is 0.967. The van der Waals surface area contributed by atoms with Crippen molar-refractivity contribution in [1.82, 2.24) is 5.32 Å². The number of alkyl halides is 3. The minimum absolute atomic E-state index is 0.0879. The molecule has 0 bridgehead atoms. The molecule has 0 amide bonds. The predicted molar refractivity (Wildman–Crippen MR) is 73.9 cm³/mol. The molecule has 0 aromatic heterocycles. The number of nitrogens with zero attached hydrogens (tertiary/aromatic N) is 1. The van der Waals surface area contributed by atoms with Crippen LogP contribution in [0.15, 0.2) is 24.3 Å². The summed E-state index contributed by atoms with van der Waals surface area (Å²) < 4.78 is 45.9. The first-order valence-electron chi connectivity index (χ1n) is 6.88. The normalized spacial score (nSPS) is 16.0. The first-order valence-corrected chi connectivity index (χ1v) is 6.88. The summed E-state index contributed by atoms with van der Waals surface area (Å²) in [7, 11) is 0. The summed E-state index contributed by atoms with van der Waals surface area (Å²) in [6, 6.07) is 7.54. The third-order valence-electron chi connectivity index (χ3n) is 3.07. The summed E-state index contributed by atoms with van der Waals surface area (Å²) in [6.07, 6.45) is -4.29. The predicted octanol–water partition coefficient (Wildman–Crippen LogP) is 2.05. The Hall–Kier alpha value is -1.47. The van der Waals surface area contributed by atoms with Gasteiger partial charge in [0.05, 0.1) is 12.3 Å². The van der Waals surface area contributed by atoms with Crippen molar-refractivity contribution in [2.24, 2.45) is 0 Å². The quantitative estimate of drug-likeness (QED) is 0.816. The van der Waals surface area contributed by atoms with Gasteiger partial charge in [0.15, 0.2) is 0 Å². The smallest absolute Gasteiger partial charge is 0.411 e. The van der Waals surface area contributed by atoms with E-state index in [4.69, 9.17) is 4.74 Å². The molecule has 1 heterocycles. The van der Waals surface area contributed by atoms with Gasteiger partial charge in [-0.15, -0.1) is 0 Å². The van der Waals surface area contributed by atoms with Gasteiger partial charge in [0.1, 0.15) is 19.0 Å². The third kappa shape index (κ3) is 5.43. The monoisotopic (exact) mass is 304 g/mol. The van der Waals surface area contributed by atoms with Gasteiger partial charge in [-0.1, -0.05) is 12.1 Å². The van der Waals surface area contributed by atoms with Crippen LogP contribution < -0.4 is 15.0 Å². The standard InChI is InChI=1S/C14H19F3N2O2/c15-14(16,17)11-20-9-10-21-13-4-2-1-3-12(13)19-7-5-18-6-8-19/h1-4,18H,5-11H2. The average Bonchev–Trinajstić information content (AvgIpc) is 2.47. The number of halogens is 3. The number of hydrogen-bond acceptors (Lipinski definition) is 4. The Morgan fingerprint density at radius 3 is 2.52 bits per heavy atom. The highest BCUT2D eigenvalue weighted by Gasteiger charge is 2.27. The topological polar surface area (TPSA) is 33.7 Å². The van der Waals surface area contributed by atoms with Crippen molar-refractivity contribution >= 4 is 5.69 Å². The van der Waals surface area contributed by atoms with E-state index in [2.05, 4.69) is 15.0 Å². The molecule has 0 aliphatic carbocycles. The van der Waals surface area contributed by atoms with E-state index in [1.165, 1.54) is 0 Å². The van der Waals surface area contributed by atoms with E-state index in [0.717, 1.165) is 31.9 Å². The van der Waals surface area contributed by atoms with Crippen LogP contribution >= 0.6 is 0 Å². The van der Waals surface area contributed by atoms with E-state index in [9.17, 15) is 13.2 Å². The molecule has 1 aliphatic rings. The molecule has 21 heavy (non-hydrogen) atoms. The number of hydrogen-bond donors (Lipinski definition) is 1. The van der Waals surface area contributed by atoms with Crippen LogP contribution in [0.5, 0.6) is 5.75 Å². The number of anilines is 1. The molecule has 0 radical (unpaired) electrons. The van der Waals surface area contributed by atoms with Gasteiger partial charge >= 0.3 is 6.18 Å². The summed E-state index contributed by atoms with van der Waals surface area (Å²) >= 11 is 0. The minimum atomic E-state index is -4.29. The van der Waals surface area contributed by atoms with Crippen LogP contribution in [0.4, 0.5) is 18.9 Å². The fourth-order valence-corrected chi connectivity index (χ4v) is 2.14. The zero-order valence-corrected chi connectivity index (χ0v) is 11.7. The van der Waals surface area contributed by atoms with Crippen molar-refractivity contribution in [2.75, 3.05) is 50.9 Å². The Balaban J connectivity index is 1.82. The Morgan fingerprint density at radius 2 is 1.81 bits per heavy atom. The van der Waals surface area contributed by atoms with E-state index >= 15 is 0 Å².